The molecule has 0 amide bonds. The largest absolute Gasteiger partial charge is 0.432 e. The Morgan fingerprint density at radius 1 is 1.13 bits per heavy atom. The van der Waals surface area contributed by atoms with Gasteiger partial charge in [-0.3, -0.25) is 15.0 Å². The van der Waals surface area contributed by atoms with E-state index in [1.54, 1.807) is 31.0 Å². The van der Waals surface area contributed by atoms with Gasteiger partial charge in [-0.25, -0.2) is 13.2 Å². The Balaban J connectivity index is 1.90. The predicted molar refractivity (Wildman–Crippen MR) is 102 cm³/mol. The molecule has 1 aliphatic heterocycles. The van der Waals surface area contributed by atoms with E-state index < -0.39 is 28.8 Å². The Bertz CT molecular complexity index is 997. The summed E-state index contributed by atoms with van der Waals surface area (Å²) >= 11 is 0. The quantitative estimate of drug-likeness (QED) is 0.354. The zero-order valence-electron chi connectivity index (χ0n) is 16.6. The summed E-state index contributed by atoms with van der Waals surface area (Å²) in [7, 11) is 1.67. The molecule has 0 spiro atoms. The van der Waals surface area contributed by atoms with Crippen LogP contribution in [-0.4, -0.2) is 36.1 Å². The van der Waals surface area contributed by atoms with E-state index in [0.717, 1.165) is 17.7 Å². The number of anilines is 1. The number of alkyl halides is 6. The molecule has 0 N–H and O–H groups in total. The van der Waals surface area contributed by atoms with E-state index in [1.807, 2.05) is 4.90 Å². The van der Waals surface area contributed by atoms with E-state index in [-0.39, 0.29) is 17.8 Å². The van der Waals surface area contributed by atoms with Crippen LogP contribution in [0.2, 0.25) is 0 Å². The van der Waals surface area contributed by atoms with Crippen molar-refractivity contribution in [3.8, 4) is 0 Å². The molecule has 0 bridgehead atoms. The Labute approximate surface area is 174 Å². The topological polar surface area (TPSA) is 49.6 Å². The highest BCUT2D eigenvalue weighted by atomic mass is 19.4. The molecule has 31 heavy (non-hydrogen) atoms. The van der Waals surface area contributed by atoms with Gasteiger partial charge in [0.1, 0.15) is 0 Å². The zero-order chi connectivity index (χ0) is 23.1. The van der Waals surface area contributed by atoms with Gasteiger partial charge in [-0.15, -0.1) is 0 Å². The molecular weight excluding hydrogens is 428 g/mol. The van der Waals surface area contributed by atoms with Gasteiger partial charge in [-0.1, -0.05) is 12.1 Å². The second-order valence-corrected chi connectivity index (χ2v) is 7.56. The number of nitro benzene ring substituents is 1. The summed E-state index contributed by atoms with van der Waals surface area (Å²) in [4.78, 5) is 14.0. The highest BCUT2D eigenvalue weighted by Gasteiger charge is 2.64. The Hall–Kier alpha value is -2.82. The van der Waals surface area contributed by atoms with Gasteiger partial charge >= 0.3 is 6.18 Å². The number of aryl methyl sites for hydroxylation is 1. The minimum absolute atomic E-state index is 0.0343. The summed E-state index contributed by atoms with van der Waals surface area (Å²) in [6.45, 7) is 2.37. The number of benzene rings is 2. The summed E-state index contributed by atoms with van der Waals surface area (Å²) < 4.78 is 80.0. The van der Waals surface area contributed by atoms with E-state index in [2.05, 4.69) is 0 Å². The minimum Gasteiger partial charge on any atom is -0.361 e. The summed E-state index contributed by atoms with van der Waals surface area (Å²) in [5, 5.41) is 11.0. The molecule has 1 atom stereocenters. The molecule has 1 unspecified atom stereocenters. The van der Waals surface area contributed by atoms with Crippen molar-refractivity contribution in [1.29, 1.82) is 0 Å². The van der Waals surface area contributed by atoms with Crippen LogP contribution < -0.4 is 4.90 Å². The highest BCUT2D eigenvalue weighted by molar-refractivity contribution is 5.57. The molecule has 5 nitrogen and oxygen atoms in total. The van der Waals surface area contributed by atoms with Gasteiger partial charge < -0.3 is 4.90 Å². The number of halogens is 6. The van der Waals surface area contributed by atoms with Gasteiger partial charge in [0.25, 0.3) is 17.8 Å². The van der Waals surface area contributed by atoms with Crippen LogP contribution in [0.5, 0.6) is 0 Å². The molecule has 0 radical (unpaired) electrons. The van der Waals surface area contributed by atoms with E-state index in [4.69, 9.17) is 0 Å². The Kier molecular flexibility index (Phi) is 5.92. The lowest BCUT2D eigenvalue weighted by atomic mass is 9.92. The average molecular weight is 447 g/mol. The van der Waals surface area contributed by atoms with Crippen LogP contribution in [0.15, 0.2) is 36.4 Å². The van der Waals surface area contributed by atoms with Crippen molar-refractivity contribution in [2.75, 3.05) is 18.6 Å². The lowest BCUT2D eigenvalue weighted by molar-refractivity contribution is -0.385. The molecule has 11 heteroatoms. The first-order valence-corrected chi connectivity index (χ1v) is 9.19. The fourth-order valence-corrected chi connectivity index (χ4v) is 3.78. The van der Waals surface area contributed by atoms with Gasteiger partial charge in [0.2, 0.25) is 0 Å². The van der Waals surface area contributed by atoms with Crippen LogP contribution in [0.4, 0.5) is 37.7 Å². The maximum absolute atomic E-state index is 14.5. The summed E-state index contributed by atoms with van der Waals surface area (Å²) in [5.74, 6) is 0. The van der Waals surface area contributed by atoms with Crippen molar-refractivity contribution in [3.63, 3.8) is 0 Å². The first-order chi connectivity index (χ1) is 14.3. The highest BCUT2D eigenvalue weighted by Crippen LogP contribution is 2.48. The summed E-state index contributed by atoms with van der Waals surface area (Å²) in [5.41, 5.74) is -3.96. The number of fused-ring (bicyclic) bond motifs is 1. The number of hydrogen-bond donors (Lipinski definition) is 0. The van der Waals surface area contributed by atoms with Gasteiger partial charge in [0.05, 0.1) is 11.6 Å². The Morgan fingerprint density at radius 2 is 1.81 bits per heavy atom. The molecule has 0 saturated heterocycles. The third kappa shape index (κ3) is 4.18. The number of nitro groups is 1. The predicted octanol–water partition coefficient (Wildman–Crippen LogP) is 5.30. The number of hydrogen-bond acceptors (Lipinski definition) is 4. The normalized spacial score (nSPS) is 16.9. The van der Waals surface area contributed by atoms with Gasteiger partial charge in [-0.2, -0.15) is 13.2 Å². The second kappa shape index (κ2) is 8.03. The van der Waals surface area contributed by atoms with Crippen molar-refractivity contribution >= 4 is 11.4 Å². The molecule has 2 aromatic rings. The van der Waals surface area contributed by atoms with Crippen molar-refractivity contribution < 1.29 is 31.3 Å². The number of rotatable bonds is 5. The maximum atomic E-state index is 14.5. The maximum Gasteiger partial charge on any atom is 0.432 e. The van der Waals surface area contributed by atoms with Crippen molar-refractivity contribution in [2.45, 2.75) is 38.3 Å². The smallest absolute Gasteiger partial charge is 0.361 e. The molecule has 168 valence electrons. The van der Waals surface area contributed by atoms with Crippen LogP contribution >= 0.6 is 0 Å². The minimum atomic E-state index is -5.77. The lowest BCUT2D eigenvalue weighted by Gasteiger charge is -2.37. The molecule has 0 fully saturated rings. The first kappa shape index (κ1) is 22.9. The lowest BCUT2D eigenvalue weighted by Crippen LogP contribution is -2.45. The molecule has 0 aliphatic carbocycles. The van der Waals surface area contributed by atoms with Gasteiger partial charge in [0, 0.05) is 43.0 Å². The summed E-state index contributed by atoms with van der Waals surface area (Å²) in [6, 6.07) is 7.36. The summed E-state index contributed by atoms with van der Waals surface area (Å²) in [6.07, 6.45) is -10.0. The third-order valence-corrected chi connectivity index (χ3v) is 5.29. The standard InChI is InChI=1S/C20H19F6N3O2/c1-12-7-13(3-5-16(12)29(30)31)9-28-10-14-8-15(4-6-17(14)27(2)11-28)19(23,18(21)22)20(24,25)26/h3-8,18H,9-11H2,1-2H3. The average Bonchev–Trinajstić information content (AvgIpc) is 2.65. The molecule has 0 aromatic heterocycles. The number of nitrogens with zero attached hydrogens (tertiary/aromatic N) is 3. The monoisotopic (exact) mass is 447 g/mol. The van der Waals surface area contributed by atoms with Gasteiger partial charge in [0.15, 0.2) is 0 Å². The van der Waals surface area contributed by atoms with E-state index >= 15 is 0 Å². The molecule has 2 aromatic carbocycles. The third-order valence-electron chi connectivity index (χ3n) is 5.29. The van der Waals surface area contributed by atoms with E-state index in [0.29, 0.717) is 24.5 Å². The fraction of sp³-hybridized carbons (Fsp3) is 0.400. The molecular formula is C20H19F6N3O2. The zero-order valence-corrected chi connectivity index (χ0v) is 16.6. The fourth-order valence-electron chi connectivity index (χ4n) is 3.78. The molecule has 1 heterocycles. The molecule has 0 saturated carbocycles. The SMILES string of the molecule is Cc1cc(CN2Cc3cc(C(F)(C(F)F)C(F)(F)F)ccc3N(C)C2)ccc1[N+](=O)[O-]. The second-order valence-electron chi connectivity index (χ2n) is 7.56. The van der Waals surface area contributed by atoms with Crippen molar-refractivity contribution in [3.05, 3.63) is 68.8 Å². The van der Waals surface area contributed by atoms with Crippen LogP contribution in [0, 0.1) is 17.0 Å². The van der Waals surface area contributed by atoms with Crippen LogP contribution in [0.25, 0.3) is 0 Å². The van der Waals surface area contributed by atoms with Gasteiger partial charge in [-0.05, 0) is 36.2 Å². The molecule has 1 aliphatic rings. The van der Waals surface area contributed by atoms with E-state index in [9.17, 15) is 36.5 Å². The van der Waals surface area contributed by atoms with Crippen molar-refractivity contribution in [1.82, 2.24) is 4.90 Å². The molecule has 3 rings (SSSR count). The van der Waals surface area contributed by atoms with Crippen LogP contribution in [0.1, 0.15) is 22.3 Å². The Morgan fingerprint density at radius 3 is 2.35 bits per heavy atom. The van der Waals surface area contributed by atoms with Crippen LogP contribution in [0.3, 0.4) is 0 Å². The first-order valence-electron chi connectivity index (χ1n) is 9.19. The van der Waals surface area contributed by atoms with Crippen LogP contribution in [-0.2, 0) is 18.8 Å². The van der Waals surface area contributed by atoms with Crippen molar-refractivity contribution in [2.24, 2.45) is 0 Å². The van der Waals surface area contributed by atoms with E-state index in [1.165, 1.54) is 12.1 Å².